The molecule has 0 unspecified atom stereocenters. The highest BCUT2D eigenvalue weighted by molar-refractivity contribution is 6.73. The first-order valence-electron chi connectivity index (χ1n) is 10.4. The first-order valence-corrected chi connectivity index (χ1v) is 12.9. The Labute approximate surface area is 158 Å². The molecule has 2 N–H and O–H groups in total. The highest BCUT2D eigenvalue weighted by Gasteiger charge is 2.62. The van der Waals surface area contributed by atoms with Gasteiger partial charge in [0.25, 0.3) is 0 Å². The highest BCUT2D eigenvalue weighted by Crippen LogP contribution is 2.47. The molecule has 1 amide bonds. The molecule has 0 aromatic heterocycles. The van der Waals surface area contributed by atoms with E-state index in [-0.39, 0.29) is 18.1 Å². The number of fused-ring (bicyclic) bond motifs is 1. The first kappa shape index (κ1) is 20.3. The van der Waals surface area contributed by atoms with E-state index in [0.717, 1.165) is 43.8 Å². The van der Waals surface area contributed by atoms with E-state index in [0.29, 0.717) is 0 Å². The van der Waals surface area contributed by atoms with Gasteiger partial charge in [0, 0.05) is 19.8 Å². The molecule has 0 radical (unpaired) electrons. The second-order valence-corrected chi connectivity index (χ2v) is 12.9. The van der Waals surface area contributed by atoms with Crippen LogP contribution in [0.15, 0.2) is 0 Å². The van der Waals surface area contributed by atoms with E-state index in [4.69, 9.17) is 13.9 Å². The molecule has 7 heteroatoms. The third kappa shape index (κ3) is 3.61. The van der Waals surface area contributed by atoms with Crippen LogP contribution in [-0.4, -0.2) is 55.6 Å². The maximum absolute atomic E-state index is 11.7. The molecule has 1 aliphatic heterocycles. The highest BCUT2D eigenvalue weighted by atomic mass is 28.4. The Hall–Kier alpha value is -0.473. The summed E-state index contributed by atoms with van der Waals surface area (Å²) in [4.78, 5) is 11.7. The predicted octanol–water partition coefficient (Wildman–Crippen LogP) is 2.70. The van der Waals surface area contributed by atoms with Gasteiger partial charge in [0.2, 0.25) is 5.91 Å². The number of aliphatic hydroxyl groups excluding tert-OH is 1. The monoisotopic (exact) mass is 385 g/mol. The summed E-state index contributed by atoms with van der Waals surface area (Å²) in [5, 5.41) is 13.8. The number of hydrogen-bond donors (Lipinski definition) is 2. The maximum atomic E-state index is 11.7. The molecule has 0 aromatic carbocycles. The molecular weight excluding hydrogens is 350 g/mol. The van der Waals surface area contributed by atoms with E-state index < -0.39 is 32.4 Å². The Balaban J connectivity index is 1.85. The van der Waals surface area contributed by atoms with Crippen molar-refractivity contribution >= 4 is 14.2 Å². The predicted molar refractivity (Wildman–Crippen MR) is 101 cm³/mol. The lowest BCUT2D eigenvalue weighted by molar-refractivity contribution is -0.214. The number of aliphatic hydroxyl groups is 1. The SMILES string of the molecule is CC[Si](CC)(CC)O[C@@H]1[C@H](NC(C)=O)[C@H](O)[C@@H]2OC3(CCCCC3)O[C@H]12. The van der Waals surface area contributed by atoms with Crippen molar-refractivity contribution in [1.82, 2.24) is 5.32 Å². The molecule has 3 rings (SSSR count). The van der Waals surface area contributed by atoms with Gasteiger partial charge >= 0.3 is 0 Å². The van der Waals surface area contributed by atoms with Crippen LogP contribution in [0.3, 0.4) is 0 Å². The number of carbonyl (C=O) groups is 1. The number of hydrogen-bond acceptors (Lipinski definition) is 5. The van der Waals surface area contributed by atoms with Crippen LogP contribution in [0.2, 0.25) is 18.1 Å². The molecule has 2 saturated carbocycles. The molecule has 26 heavy (non-hydrogen) atoms. The maximum Gasteiger partial charge on any atom is 0.217 e. The van der Waals surface area contributed by atoms with Gasteiger partial charge in [0.1, 0.15) is 18.3 Å². The number of nitrogens with one attached hydrogen (secondary N) is 1. The van der Waals surface area contributed by atoms with E-state index in [9.17, 15) is 9.90 Å². The summed E-state index contributed by atoms with van der Waals surface area (Å²) >= 11 is 0. The number of ether oxygens (including phenoxy) is 2. The molecule has 3 fully saturated rings. The third-order valence-electron chi connectivity index (χ3n) is 6.71. The summed E-state index contributed by atoms with van der Waals surface area (Å²) in [6.07, 6.45) is 3.27. The Morgan fingerprint density at radius 3 is 2.23 bits per heavy atom. The molecule has 0 aromatic rings. The van der Waals surface area contributed by atoms with Gasteiger partial charge in [-0.3, -0.25) is 4.79 Å². The smallest absolute Gasteiger partial charge is 0.217 e. The van der Waals surface area contributed by atoms with E-state index >= 15 is 0 Å². The van der Waals surface area contributed by atoms with Crippen molar-refractivity contribution in [2.45, 2.75) is 114 Å². The van der Waals surface area contributed by atoms with Crippen LogP contribution in [0.5, 0.6) is 0 Å². The van der Waals surface area contributed by atoms with Crippen LogP contribution in [0, 0.1) is 0 Å². The van der Waals surface area contributed by atoms with Crippen molar-refractivity contribution < 1.29 is 23.8 Å². The van der Waals surface area contributed by atoms with Gasteiger partial charge in [-0.2, -0.15) is 0 Å². The van der Waals surface area contributed by atoms with Crippen LogP contribution < -0.4 is 5.32 Å². The van der Waals surface area contributed by atoms with E-state index in [2.05, 4.69) is 26.1 Å². The van der Waals surface area contributed by atoms with Crippen molar-refractivity contribution in [3.05, 3.63) is 0 Å². The fourth-order valence-corrected chi connectivity index (χ4v) is 7.79. The fourth-order valence-electron chi connectivity index (χ4n) is 4.94. The second kappa shape index (κ2) is 7.87. The Bertz CT molecular complexity index is 498. The van der Waals surface area contributed by atoms with Crippen LogP contribution in [0.25, 0.3) is 0 Å². The standard InChI is InChI=1S/C19H35NO5Si/c1-5-26(6-2,7-3)25-16-14(20-13(4)21)15(22)17-18(16)24-19(23-17)11-9-8-10-12-19/h14-18,22H,5-12H2,1-4H3,(H,20,21)/t14-,15+,16-,17+,18-/m1/s1. The minimum absolute atomic E-state index is 0.160. The van der Waals surface area contributed by atoms with Gasteiger partial charge in [-0.1, -0.05) is 27.2 Å². The fraction of sp³-hybridized carbons (Fsp3) is 0.947. The zero-order valence-corrected chi connectivity index (χ0v) is 17.6. The van der Waals surface area contributed by atoms with Crippen LogP contribution >= 0.6 is 0 Å². The summed E-state index contributed by atoms with van der Waals surface area (Å²) in [5.41, 5.74) is 0. The Kier molecular flexibility index (Phi) is 6.14. The number of amides is 1. The molecule has 5 atom stereocenters. The third-order valence-corrected chi connectivity index (χ3v) is 11.4. The molecule has 1 saturated heterocycles. The van der Waals surface area contributed by atoms with Crippen LogP contribution in [0.1, 0.15) is 59.8 Å². The lowest BCUT2D eigenvalue weighted by Crippen LogP contribution is -2.54. The van der Waals surface area contributed by atoms with E-state index in [1.165, 1.54) is 13.3 Å². The van der Waals surface area contributed by atoms with Crippen molar-refractivity contribution in [2.75, 3.05) is 0 Å². The van der Waals surface area contributed by atoms with Gasteiger partial charge in [-0.15, -0.1) is 0 Å². The lowest BCUT2D eigenvalue weighted by atomic mass is 9.94. The zero-order valence-electron chi connectivity index (χ0n) is 16.6. The molecule has 6 nitrogen and oxygen atoms in total. The van der Waals surface area contributed by atoms with Gasteiger partial charge in [0.05, 0.1) is 12.1 Å². The summed E-state index contributed by atoms with van der Waals surface area (Å²) < 4.78 is 19.5. The van der Waals surface area contributed by atoms with Gasteiger partial charge in [0.15, 0.2) is 14.1 Å². The van der Waals surface area contributed by atoms with Crippen molar-refractivity contribution in [3.8, 4) is 0 Å². The zero-order chi connectivity index (χ0) is 18.9. The van der Waals surface area contributed by atoms with E-state index in [1.54, 1.807) is 0 Å². The minimum Gasteiger partial charge on any atom is -0.409 e. The van der Waals surface area contributed by atoms with Crippen molar-refractivity contribution in [1.29, 1.82) is 0 Å². The molecule has 1 heterocycles. The minimum atomic E-state index is -1.92. The molecule has 0 bridgehead atoms. The quantitative estimate of drug-likeness (QED) is 0.688. The topological polar surface area (TPSA) is 77.0 Å². The molecule has 3 aliphatic rings. The summed E-state index contributed by atoms with van der Waals surface area (Å²) in [5.74, 6) is -0.724. The molecule has 150 valence electrons. The van der Waals surface area contributed by atoms with Crippen LogP contribution in [-0.2, 0) is 18.7 Å². The Morgan fingerprint density at radius 1 is 1.12 bits per heavy atom. The number of rotatable bonds is 6. The number of carbonyl (C=O) groups excluding carboxylic acids is 1. The van der Waals surface area contributed by atoms with Gasteiger partial charge < -0.3 is 24.3 Å². The van der Waals surface area contributed by atoms with Crippen LogP contribution in [0.4, 0.5) is 0 Å². The summed E-state index contributed by atoms with van der Waals surface area (Å²) in [7, 11) is -1.92. The average molecular weight is 386 g/mol. The molecule has 2 aliphatic carbocycles. The largest absolute Gasteiger partial charge is 0.409 e. The molecular formula is C19H35NO5Si. The Morgan fingerprint density at radius 2 is 1.69 bits per heavy atom. The summed E-state index contributed by atoms with van der Waals surface area (Å²) in [6.45, 7) is 8.03. The summed E-state index contributed by atoms with van der Waals surface area (Å²) in [6, 6.07) is 2.58. The van der Waals surface area contributed by atoms with Crippen molar-refractivity contribution in [2.24, 2.45) is 0 Å². The average Bonchev–Trinajstić information content (AvgIpc) is 3.09. The van der Waals surface area contributed by atoms with Crippen molar-refractivity contribution in [3.63, 3.8) is 0 Å². The molecule has 1 spiro atoms. The van der Waals surface area contributed by atoms with E-state index in [1.807, 2.05) is 0 Å². The van der Waals surface area contributed by atoms with Gasteiger partial charge in [-0.25, -0.2) is 0 Å². The first-order chi connectivity index (χ1) is 12.4. The lowest BCUT2D eigenvalue weighted by Gasteiger charge is -2.38. The second-order valence-electron chi connectivity index (χ2n) is 8.18. The van der Waals surface area contributed by atoms with Gasteiger partial charge in [-0.05, 0) is 31.0 Å². The normalized spacial score (nSPS) is 36.3.